The summed E-state index contributed by atoms with van der Waals surface area (Å²) in [7, 11) is 0. The van der Waals surface area contributed by atoms with Gasteiger partial charge in [-0.15, -0.1) is 0 Å². The van der Waals surface area contributed by atoms with Crippen LogP contribution in [0, 0.1) is 11.8 Å². The fourth-order valence-corrected chi connectivity index (χ4v) is 3.90. The van der Waals surface area contributed by atoms with Gasteiger partial charge in [-0.25, -0.2) is 0 Å². The van der Waals surface area contributed by atoms with Crippen molar-refractivity contribution < 1.29 is 14.2 Å². The molecule has 1 aliphatic carbocycles. The zero-order valence-corrected chi connectivity index (χ0v) is 15.1. The predicted molar refractivity (Wildman–Crippen MR) is 96.5 cm³/mol. The van der Waals surface area contributed by atoms with Crippen molar-refractivity contribution in [2.45, 2.75) is 44.8 Å². The lowest BCUT2D eigenvalue weighted by molar-refractivity contribution is -0.217. The quantitative estimate of drug-likeness (QED) is 0.739. The predicted octanol–water partition coefficient (Wildman–Crippen LogP) is 5.10. The minimum absolute atomic E-state index is 0.0371. The molecule has 0 aromatic heterocycles. The first-order valence-electron chi connectivity index (χ1n) is 9.03. The van der Waals surface area contributed by atoms with Gasteiger partial charge in [-0.3, -0.25) is 0 Å². The lowest BCUT2D eigenvalue weighted by atomic mass is 9.81. The van der Waals surface area contributed by atoms with E-state index in [1.165, 1.54) is 18.4 Å². The summed E-state index contributed by atoms with van der Waals surface area (Å²) < 4.78 is 17.6. The maximum absolute atomic E-state index is 6.06. The van der Waals surface area contributed by atoms with Crippen molar-refractivity contribution >= 4 is 11.6 Å². The summed E-state index contributed by atoms with van der Waals surface area (Å²) in [5, 5.41) is 0. The molecule has 1 saturated heterocycles. The van der Waals surface area contributed by atoms with Gasteiger partial charge in [0.1, 0.15) is 5.75 Å². The van der Waals surface area contributed by atoms with Gasteiger partial charge in [-0.05, 0) is 56.2 Å². The second-order valence-electron chi connectivity index (χ2n) is 6.73. The number of halogens is 1. The third-order valence-electron chi connectivity index (χ3n) is 5.13. The Morgan fingerprint density at radius 1 is 1.08 bits per heavy atom. The van der Waals surface area contributed by atoms with E-state index in [1.807, 2.05) is 19.1 Å². The van der Waals surface area contributed by atoms with Crippen LogP contribution in [0.1, 0.15) is 44.1 Å². The topological polar surface area (TPSA) is 27.7 Å². The molecular formula is C20H27ClO3. The third kappa shape index (κ3) is 4.53. The molecule has 0 spiro atoms. The smallest absolute Gasteiger partial charge is 0.160 e. The number of ether oxygens (including phenoxy) is 3. The molecule has 0 bridgehead atoms. The average molecular weight is 351 g/mol. The molecule has 3 nitrogen and oxygen atoms in total. The van der Waals surface area contributed by atoms with Crippen LogP contribution in [0.25, 0.3) is 0 Å². The number of benzene rings is 1. The number of rotatable bonds is 5. The van der Waals surface area contributed by atoms with E-state index in [1.54, 1.807) is 5.54 Å². The van der Waals surface area contributed by atoms with Crippen LogP contribution in [0.4, 0.5) is 0 Å². The molecule has 1 heterocycles. The highest BCUT2D eigenvalue weighted by molar-refractivity contribution is 6.25. The molecule has 4 heteroatoms. The lowest BCUT2D eigenvalue weighted by Crippen LogP contribution is -2.37. The molecule has 132 valence electrons. The summed E-state index contributed by atoms with van der Waals surface area (Å²) in [6.45, 7) is 4.16. The van der Waals surface area contributed by atoms with Crippen molar-refractivity contribution in [3.8, 4) is 5.75 Å². The Morgan fingerprint density at radius 2 is 1.75 bits per heavy atom. The van der Waals surface area contributed by atoms with Crippen LogP contribution in [0.5, 0.6) is 5.75 Å². The van der Waals surface area contributed by atoms with Crippen molar-refractivity contribution in [2.24, 2.45) is 11.8 Å². The lowest BCUT2D eigenvalue weighted by Gasteiger charge is -2.37. The fraction of sp³-hybridized carbons (Fsp3) is 0.600. The van der Waals surface area contributed by atoms with Gasteiger partial charge < -0.3 is 14.2 Å². The summed E-state index contributed by atoms with van der Waals surface area (Å²) >= 11 is 5.68. The molecule has 0 unspecified atom stereocenters. The van der Waals surface area contributed by atoms with Gasteiger partial charge >= 0.3 is 0 Å². The zero-order chi connectivity index (χ0) is 16.8. The molecule has 1 saturated carbocycles. The molecule has 2 aliphatic rings. The van der Waals surface area contributed by atoms with Crippen LogP contribution in [0.2, 0.25) is 0 Å². The van der Waals surface area contributed by atoms with E-state index in [4.69, 9.17) is 25.8 Å². The molecule has 0 N–H and O–H groups in total. The molecular weight excluding hydrogens is 324 g/mol. The van der Waals surface area contributed by atoms with Crippen molar-refractivity contribution in [3.05, 3.63) is 41.4 Å². The average Bonchev–Trinajstić information content (AvgIpc) is 2.64. The Bertz CT molecular complexity index is 512. The maximum Gasteiger partial charge on any atom is 0.160 e. The number of hydrogen-bond donors (Lipinski definition) is 0. The first-order chi connectivity index (χ1) is 11.8. The summed E-state index contributed by atoms with van der Waals surface area (Å²) in [5.41, 5.74) is 2.91. The largest absolute Gasteiger partial charge is 0.494 e. The van der Waals surface area contributed by atoms with E-state index >= 15 is 0 Å². The summed E-state index contributed by atoms with van der Waals surface area (Å²) in [6, 6.07) is 8.28. The Labute approximate surface area is 149 Å². The van der Waals surface area contributed by atoms with Crippen LogP contribution in [0.15, 0.2) is 35.9 Å². The molecule has 0 radical (unpaired) electrons. The van der Waals surface area contributed by atoms with Gasteiger partial charge in [0, 0.05) is 17.4 Å². The first-order valence-corrected chi connectivity index (χ1v) is 9.46. The Hall–Kier alpha value is -1.03. The van der Waals surface area contributed by atoms with Crippen LogP contribution < -0.4 is 4.74 Å². The fourth-order valence-electron chi connectivity index (χ4n) is 3.70. The molecule has 0 atom stereocenters. The molecule has 1 aliphatic heterocycles. The molecule has 1 aromatic rings. The summed E-state index contributed by atoms with van der Waals surface area (Å²) in [4.78, 5) is 0. The normalized spacial score (nSPS) is 31.2. The van der Waals surface area contributed by atoms with Gasteiger partial charge in [-0.2, -0.15) is 0 Å². The number of hydrogen-bond acceptors (Lipinski definition) is 3. The molecule has 2 fully saturated rings. The second-order valence-corrected chi connectivity index (χ2v) is 6.98. The molecule has 1 aromatic carbocycles. The van der Waals surface area contributed by atoms with Gasteiger partial charge in [0.25, 0.3) is 0 Å². The van der Waals surface area contributed by atoms with E-state index in [2.05, 4.69) is 18.2 Å². The highest BCUT2D eigenvalue weighted by Gasteiger charge is 2.32. The molecule has 3 rings (SSSR count). The van der Waals surface area contributed by atoms with Crippen molar-refractivity contribution in [2.75, 3.05) is 19.8 Å². The van der Waals surface area contributed by atoms with E-state index in [9.17, 15) is 0 Å². The molecule has 24 heavy (non-hydrogen) atoms. The monoisotopic (exact) mass is 350 g/mol. The van der Waals surface area contributed by atoms with Gasteiger partial charge in [0.15, 0.2) is 6.29 Å². The van der Waals surface area contributed by atoms with Crippen LogP contribution in [0.3, 0.4) is 0 Å². The van der Waals surface area contributed by atoms with Gasteiger partial charge in [0.2, 0.25) is 0 Å². The Morgan fingerprint density at radius 3 is 2.33 bits per heavy atom. The standard InChI is InChI=1S/C20H27ClO3/c1-2-22-19-9-7-16(8-10-19)18-13-23-20(24-14-18)17-5-3-15(4-6-17)11-12-21/h7-12,15,17-18,20H,2-6,13-14H2,1H3/b12-11+. The number of allylic oxidation sites excluding steroid dienone is 1. The van der Waals surface area contributed by atoms with Crippen LogP contribution >= 0.6 is 11.6 Å². The van der Waals surface area contributed by atoms with E-state index in [0.717, 1.165) is 31.8 Å². The van der Waals surface area contributed by atoms with E-state index in [0.29, 0.717) is 24.4 Å². The SMILES string of the molecule is CCOc1ccc(C2COC(C3CCC(/C=C/Cl)CC3)OC2)cc1. The highest BCUT2D eigenvalue weighted by Crippen LogP contribution is 2.35. The van der Waals surface area contributed by atoms with E-state index in [-0.39, 0.29) is 6.29 Å². The third-order valence-corrected chi connectivity index (χ3v) is 5.28. The minimum atomic E-state index is -0.0371. The highest BCUT2D eigenvalue weighted by atomic mass is 35.5. The van der Waals surface area contributed by atoms with Crippen LogP contribution in [-0.2, 0) is 9.47 Å². The maximum atomic E-state index is 6.06. The van der Waals surface area contributed by atoms with Crippen LogP contribution in [-0.4, -0.2) is 26.1 Å². The first kappa shape index (κ1) is 17.8. The van der Waals surface area contributed by atoms with Gasteiger partial charge in [-0.1, -0.05) is 29.8 Å². The van der Waals surface area contributed by atoms with E-state index < -0.39 is 0 Å². The second kappa shape index (κ2) is 8.89. The van der Waals surface area contributed by atoms with Crippen molar-refractivity contribution in [1.29, 1.82) is 0 Å². The summed E-state index contributed by atoms with van der Waals surface area (Å²) in [5.74, 6) is 2.37. The Balaban J connectivity index is 1.47. The van der Waals surface area contributed by atoms with Crippen molar-refractivity contribution in [1.82, 2.24) is 0 Å². The molecule has 0 amide bonds. The summed E-state index contributed by atoms with van der Waals surface area (Å²) in [6.07, 6.45) is 6.75. The minimum Gasteiger partial charge on any atom is -0.494 e. The van der Waals surface area contributed by atoms with Crippen molar-refractivity contribution in [3.63, 3.8) is 0 Å². The zero-order valence-electron chi connectivity index (χ0n) is 14.3. The van der Waals surface area contributed by atoms with Gasteiger partial charge in [0.05, 0.1) is 19.8 Å². The Kier molecular flexibility index (Phi) is 6.59.